The van der Waals surface area contributed by atoms with Gasteiger partial charge in [0.25, 0.3) is 5.91 Å². The van der Waals surface area contributed by atoms with Crippen molar-refractivity contribution in [2.24, 2.45) is 0 Å². The van der Waals surface area contributed by atoms with Crippen LogP contribution in [0, 0.1) is 0 Å². The predicted molar refractivity (Wildman–Crippen MR) is 68.9 cm³/mol. The first-order valence-corrected chi connectivity index (χ1v) is 6.22. The minimum absolute atomic E-state index is 0.239. The smallest absolute Gasteiger partial charge is 0.258 e. The van der Waals surface area contributed by atoms with Gasteiger partial charge in [-0.3, -0.25) is 10.2 Å². The Labute approximate surface area is 110 Å². The molecule has 0 fully saturated rings. The Hall–Kier alpha value is -0.970. The van der Waals surface area contributed by atoms with Crippen LogP contribution in [-0.4, -0.2) is 35.8 Å². The van der Waals surface area contributed by atoms with E-state index in [2.05, 4.69) is 5.43 Å². The Morgan fingerprint density at radius 1 is 1.41 bits per heavy atom. The van der Waals surface area contributed by atoms with Gasteiger partial charge in [0, 0.05) is 30.9 Å². The van der Waals surface area contributed by atoms with Crippen molar-refractivity contribution in [3.63, 3.8) is 0 Å². The highest BCUT2D eigenvalue weighted by atomic mass is 35.5. The van der Waals surface area contributed by atoms with E-state index in [1.165, 1.54) is 6.08 Å². The Morgan fingerprint density at radius 2 is 2.12 bits per heavy atom. The van der Waals surface area contributed by atoms with Crippen molar-refractivity contribution in [2.75, 3.05) is 24.8 Å². The van der Waals surface area contributed by atoms with Crippen LogP contribution in [0.4, 0.5) is 0 Å². The summed E-state index contributed by atoms with van der Waals surface area (Å²) in [4.78, 5) is 11.5. The number of hydrogen-bond acceptors (Lipinski definition) is 3. The van der Waals surface area contributed by atoms with E-state index in [1.54, 1.807) is 29.5 Å². The lowest BCUT2D eigenvalue weighted by Gasteiger charge is -2.19. The molecular formula is C11H14Cl2N2O2. The van der Waals surface area contributed by atoms with Gasteiger partial charge in [0.2, 0.25) is 0 Å². The van der Waals surface area contributed by atoms with Crippen LogP contribution in [0.15, 0.2) is 28.9 Å². The second kappa shape index (κ2) is 8.17. The van der Waals surface area contributed by atoms with Crippen molar-refractivity contribution in [1.82, 2.24) is 10.4 Å². The number of amides is 1. The topological polar surface area (TPSA) is 45.5 Å². The zero-order valence-electron chi connectivity index (χ0n) is 9.23. The highest BCUT2D eigenvalue weighted by molar-refractivity contribution is 6.18. The van der Waals surface area contributed by atoms with Gasteiger partial charge in [0.15, 0.2) is 0 Å². The Bertz CT molecular complexity index is 346. The molecule has 0 aliphatic rings. The van der Waals surface area contributed by atoms with Gasteiger partial charge in [-0.25, -0.2) is 5.01 Å². The third kappa shape index (κ3) is 5.77. The van der Waals surface area contributed by atoms with Crippen LogP contribution in [0.2, 0.25) is 0 Å². The van der Waals surface area contributed by atoms with Crippen molar-refractivity contribution in [3.05, 3.63) is 30.2 Å². The SMILES string of the molecule is O=C(C=Cc1ccco1)NN(CCCl)CCCl. The van der Waals surface area contributed by atoms with Gasteiger partial charge in [0.1, 0.15) is 5.76 Å². The number of hydrogen-bond donors (Lipinski definition) is 1. The molecule has 4 nitrogen and oxygen atoms in total. The van der Waals surface area contributed by atoms with Crippen LogP contribution in [0.5, 0.6) is 0 Å². The van der Waals surface area contributed by atoms with E-state index in [0.717, 1.165) is 0 Å². The fourth-order valence-electron chi connectivity index (χ4n) is 1.16. The molecule has 1 heterocycles. The molecular weight excluding hydrogens is 263 g/mol. The van der Waals surface area contributed by atoms with Gasteiger partial charge in [0.05, 0.1) is 6.26 Å². The Kier molecular flexibility index (Phi) is 6.77. The highest BCUT2D eigenvalue weighted by Gasteiger charge is 2.05. The van der Waals surface area contributed by atoms with Crippen LogP contribution >= 0.6 is 23.2 Å². The molecule has 17 heavy (non-hydrogen) atoms. The molecule has 0 aliphatic heterocycles. The van der Waals surface area contributed by atoms with Crippen LogP contribution < -0.4 is 5.43 Å². The number of nitrogens with one attached hydrogen (secondary N) is 1. The molecule has 94 valence electrons. The molecule has 1 amide bonds. The second-order valence-electron chi connectivity index (χ2n) is 3.19. The monoisotopic (exact) mass is 276 g/mol. The summed E-state index contributed by atoms with van der Waals surface area (Å²) in [6, 6.07) is 3.52. The number of rotatable bonds is 7. The summed E-state index contributed by atoms with van der Waals surface area (Å²) in [5.41, 5.74) is 2.68. The standard InChI is InChI=1S/C11H14Cl2N2O2/c12-5-7-15(8-6-13)14-11(16)4-3-10-2-1-9-17-10/h1-4,9H,5-8H2,(H,14,16). The van der Waals surface area contributed by atoms with Crippen molar-refractivity contribution >= 4 is 35.2 Å². The summed E-state index contributed by atoms with van der Waals surface area (Å²) in [7, 11) is 0. The van der Waals surface area contributed by atoms with E-state index in [4.69, 9.17) is 27.6 Å². The number of nitrogens with zero attached hydrogens (tertiary/aromatic N) is 1. The first-order valence-electron chi connectivity index (χ1n) is 5.15. The van der Waals surface area contributed by atoms with E-state index in [1.807, 2.05) is 0 Å². The Balaban J connectivity index is 2.41. The molecule has 0 aliphatic carbocycles. The van der Waals surface area contributed by atoms with Crippen LogP contribution in [0.3, 0.4) is 0 Å². The Morgan fingerprint density at radius 3 is 2.65 bits per heavy atom. The maximum atomic E-state index is 11.5. The third-order valence-corrected chi connectivity index (χ3v) is 2.26. The zero-order valence-corrected chi connectivity index (χ0v) is 10.7. The van der Waals surface area contributed by atoms with Gasteiger partial charge in [-0.15, -0.1) is 23.2 Å². The largest absolute Gasteiger partial charge is 0.465 e. The fraction of sp³-hybridized carbons (Fsp3) is 0.364. The normalized spacial score (nSPS) is 11.2. The fourth-order valence-corrected chi connectivity index (χ4v) is 1.57. The lowest BCUT2D eigenvalue weighted by molar-refractivity contribution is -0.120. The van der Waals surface area contributed by atoms with Crippen LogP contribution in [0.1, 0.15) is 5.76 Å². The van der Waals surface area contributed by atoms with Crippen LogP contribution in [-0.2, 0) is 4.79 Å². The van der Waals surface area contributed by atoms with E-state index in [-0.39, 0.29) is 5.91 Å². The number of halogens is 2. The highest BCUT2D eigenvalue weighted by Crippen LogP contribution is 2.01. The van der Waals surface area contributed by atoms with Gasteiger partial charge in [-0.05, 0) is 18.2 Å². The number of hydrazine groups is 1. The van der Waals surface area contributed by atoms with Gasteiger partial charge < -0.3 is 4.42 Å². The van der Waals surface area contributed by atoms with Gasteiger partial charge in [-0.1, -0.05) is 0 Å². The summed E-state index contributed by atoms with van der Waals surface area (Å²) >= 11 is 11.2. The molecule has 0 bridgehead atoms. The van der Waals surface area contributed by atoms with Crippen LogP contribution in [0.25, 0.3) is 6.08 Å². The summed E-state index contributed by atoms with van der Waals surface area (Å²) in [6.45, 7) is 1.10. The van der Waals surface area contributed by atoms with E-state index in [9.17, 15) is 4.79 Å². The molecule has 0 unspecified atom stereocenters. The van der Waals surface area contributed by atoms with Gasteiger partial charge in [-0.2, -0.15) is 0 Å². The minimum Gasteiger partial charge on any atom is -0.465 e. The zero-order chi connectivity index (χ0) is 12.5. The summed E-state index contributed by atoms with van der Waals surface area (Å²) < 4.78 is 5.06. The molecule has 0 saturated carbocycles. The molecule has 0 atom stereocenters. The number of alkyl halides is 2. The summed E-state index contributed by atoms with van der Waals surface area (Å²) in [6.07, 6.45) is 4.54. The first-order chi connectivity index (χ1) is 8.26. The van der Waals surface area contributed by atoms with Crippen molar-refractivity contribution in [1.29, 1.82) is 0 Å². The average Bonchev–Trinajstić information content (AvgIpc) is 2.80. The molecule has 0 aromatic carbocycles. The van der Waals surface area contributed by atoms with Crippen molar-refractivity contribution in [3.8, 4) is 0 Å². The molecule has 1 N–H and O–H groups in total. The number of furan rings is 1. The number of carbonyl (C=O) groups excluding carboxylic acids is 1. The molecule has 0 radical (unpaired) electrons. The van der Waals surface area contributed by atoms with E-state index < -0.39 is 0 Å². The second-order valence-corrected chi connectivity index (χ2v) is 3.95. The maximum absolute atomic E-state index is 11.5. The number of carbonyl (C=O) groups is 1. The quantitative estimate of drug-likeness (QED) is 0.471. The first kappa shape index (κ1) is 14.1. The molecule has 1 aromatic rings. The van der Waals surface area contributed by atoms with E-state index >= 15 is 0 Å². The molecule has 0 spiro atoms. The predicted octanol–water partition coefficient (Wildman–Crippen LogP) is 2.10. The maximum Gasteiger partial charge on any atom is 0.258 e. The van der Waals surface area contributed by atoms with Crippen molar-refractivity contribution < 1.29 is 9.21 Å². The molecule has 1 aromatic heterocycles. The van der Waals surface area contributed by atoms with Gasteiger partial charge >= 0.3 is 0 Å². The third-order valence-electron chi connectivity index (χ3n) is 1.92. The summed E-state index contributed by atoms with van der Waals surface area (Å²) in [5, 5.41) is 1.68. The average molecular weight is 277 g/mol. The molecule has 1 rings (SSSR count). The molecule has 0 saturated heterocycles. The minimum atomic E-state index is -0.239. The molecule has 6 heteroatoms. The lowest BCUT2D eigenvalue weighted by Crippen LogP contribution is -2.43. The lowest BCUT2D eigenvalue weighted by atomic mass is 10.4. The van der Waals surface area contributed by atoms with Crippen molar-refractivity contribution in [2.45, 2.75) is 0 Å². The summed E-state index contributed by atoms with van der Waals surface area (Å²) in [5.74, 6) is 1.25. The van der Waals surface area contributed by atoms with E-state index in [0.29, 0.717) is 30.6 Å².